The maximum absolute atomic E-state index is 13.0. The van der Waals surface area contributed by atoms with E-state index in [2.05, 4.69) is 25.4 Å². The number of nitrogens with zero attached hydrogens (tertiary/aromatic N) is 7. The Balaban J connectivity index is 1.31. The monoisotopic (exact) mass is 431 g/mol. The fourth-order valence-corrected chi connectivity index (χ4v) is 3.68. The maximum Gasteiger partial charge on any atom is 0.257 e. The van der Waals surface area contributed by atoms with Crippen molar-refractivity contribution in [2.45, 2.75) is 0 Å². The van der Waals surface area contributed by atoms with Crippen molar-refractivity contribution in [3.63, 3.8) is 0 Å². The van der Waals surface area contributed by atoms with Crippen molar-refractivity contribution in [1.82, 2.24) is 29.6 Å². The summed E-state index contributed by atoms with van der Waals surface area (Å²) in [5.41, 5.74) is 3.04. The number of anilines is 2. The summed E-state index contributed by atoms with van der Waals surface area (Å²) in [6.07, 6.45) is 8.67. The molecule has 162 valence electrons. The summed E-state index contributed by atoms with van der Waals surface area (Å²) >= 11 is 0. The van der Waals surface area contributed by atoms with Crippen LogP contribution in [0.15, 0.2) is 55.2 Å². The molecule has 0 spiro atoms. The first-order chi connectivity index (χ1) is 16.8. The third-order valence-electron chi connectivity index (χ3n) is 5.46. The van der Waals surface area contributed by atoms with E-state index in [0.29, 0.717) is 43.4 Å². The number of hydrogen-bond acceptors (Lipinski definition) is 7. The third-order valence-corrected chi connectivity index (χ3v) is 5.46. The number of aryl methyl sites for hydroxylation is 1. The van der Waals surface area contributed by atoms with Gasteiger partial charge < -0.3 is 15.1 Å². The van der Waals surface area contributed by atoms with Crippen molar-refractivity contribution in [1.29, 1.82) is 0 Å². The van der Waals surface area contributed by atoms with Crippen LogP contribution in [-0.2, 0) is 7.05 Å². The predicted octanol–water partition coefficient (Wildman–Crippen LogP) is 2.43. The zero-order valence-electron chi connectivity index (χ0n) is 20.6. The second kappa shape index (κ2) is 8.35. The van der Waals surface area contributed by atoms with Crippen molar-refractivity contribution in [2.24, 2.45) is 7.05 Å². The number of amides is 1. The second-order valence-corrected chi connectivity index (χ2v) is 7.72. The molecule has 4 aromatic rings. The van der Waals surface area contributed by atoms with Gasteiger partial charge in [-0.1, -0.05) is 0 Å². The number of rotatable bonds is 4. The number of pyridine rings is 3. The van der Waals surface area contributed by atoms with Crippen molar-refractivity contribution >= 4 is 28.4 Å². The molecule has 1 aliphatic heterocycles. The second-order valence-electron chi connectivity index (χ2n) is 7.72. The Kier molecular flexibility index (Phi) is 4.38. The fourth-order valence-electron chi connectivity index (χ4n) is 3.68. The molecule has 4 aromatic heterocycles. The average molecular weight is 432 g/mol. The van der Waals surface area contributed by atoms with Gasteiger partial charge in [-0.15, -0.1) is 0 Å². The van der Waals surface area contributed by atoms with E-state index >= 15 is 0 Å². The highest BCUT2D eigenvalue weighted by Crippen LogP contribution is 2.23. The number of likely N-dealkylation sites (N-methyl/N-ethyl adjacent to an activating group) is 1. The van der Waals surface area contributed by atoms with E-state index in [0.717, 1.165) is 22.0 Å². The average Bonchev–Trinajstić information content (AvgIpc) is 3.29. The zero-order chi connectivity index (χ0) is 24.6. The molecule has 32 heavy (non-hydrogen) atoms. The Labute approximate surface area is 189 Å². The van der Waals surface area contributed by atoms with E-state index in [1.54, 1.807) is 47.7 Å². The van der Waals surface area contributed by atoms with E-state index in [1.165, 1.54) is 4.90 Å². The Morgan fingerprint density at radius 1 is 1.03 bits per heavy atom. The molecule has 0 aromatic carbocycles. The first kappa shape index (κ1) is 16.8. The molecule has 1 fully saturated rings. The van der Waals surface area contributed by atoms with Gasteiger partial charge in [0.2, 0.25) is 0 Å². The van der Waals surface area contributed by atoms with Crippen molar-refractivity contribution < 1.29 is 8.91 Å². The van der Waals surface area contributed by atoms with Gasteiger partial charge in [0, 0.05) is 78.0 Å². The lowest BCUT2D eigenvalue weighted by Gasteiger charge is -2.33. The van der Waals surface area contributed by atoms with Crippen molar-refractivity contribution in [3.8, 4) is 11.1 Å². The number of hydrogen-bond donors (Lipinski definition) is 1. The van der Waals surface area contributed by atoms with Crippen LogP contribution in [0.25, 0.3) is 22.0 Å². The van der Waals surface area contributed by atoms with Gasteiger partial charge in [-0.05, 0) is 31.2 Å². The summed E-state index contributed by atoms with van der Waals surface area (Å²) in [4.78, 5) is 29.6. The number of carbonyl (C=O) groups is 1. The molecule has 1 aliphatic rings. The topological polar surface area (TPSA) is 92.1 Å². The first-order valence-corrected chi connectivity index (χ1v) is 10.3. The van der Waals surface area contributed by atoms with Crippen LogP contribution in [0.4, 0.5) is 11.6 Å². The molecule has 1 saturated heterocycles. The molecule has 9 heteroatoms. The molecular weight excluding hydrogens is 404 g/mol. The van der Waals surface area contributed by atoms with E-state index in [1.807, 2.05) is 24.2 Å². The lowest BCUT2D eigenvalue weighted by atomic mass is 10.1. The van der Waals surface area contributed by atoms with E-state index in [4.69, 9.17) is 4.11 Å². The summed E-state index contributed by atoms with van der Waals surface area (Å²) in [6, 6.07) is 7.13. The number of aromatic nitrogens is 5. The van der Waals surface area contributed by atoms with Crippen LogP contribution in [-0.4, -0.2) is 68.7 Å². The molecule has 9 nitrogen and oxygen atoms in total. The van der Waals surface area contributed by atoms with Gasteiger partial charge in [-0.3, -0.25) is 14.5 Å². The Bertz CT molecular complexity index is 1380. The highest BCUT2D eigenvalue weighted by atomic mass is 16.1. The number of nitrogens with one attached hydrogen (secondary N) is 1. The van der Waals surface area contributed by atoms with Gasteiger partial charge in [0.15, 0.2) is 0 Å². The van der Waals surface area contributed by atoms with Crippen molar-refractivity contribution in [3.05, 3.63) is 60.8 Å². The Morgan fingerprint density at radius 2 is 1.91 bits per heavy atom. The number of carbonyl (C=O) groups excluding carboxylic acids is 1. The van der Waals surface area contributed by atoms with Gasteiger partial charge in [0.1, 0.15) is 11.6 Å². The highest BCUT2D eigenvalue weighted by molar-refractivity contribution is 6.04. The Hall–Kier alpha value is -3.85. The minimum atomic E-state index is -2.09. The predicted molar refractivity (Wildman–Crippen MR) is 124 cm³/mol. The van der Waals surface area contributed by atoms with Gasteiger partial charge in [0.25, 0.3) is 5.91 Å². The third kappa shape index (κ3) is 4.15. The number of piperazine rings is 1. The largest absolute Gasteiger partial charge is 0.354 e. The zero-order valence-corrected chi connectivity index (χ0v) is 17.6. The maximum atomic E-state index is 13.0. The lowest BCUT2D eigenvalue weighted by Crippen LogP contribution is -2.44. The molecule has 1 amide bonds. The van der Waals surface area contributed by atoms with E-state index < -0.39 is 6.98 Å². The lowest BCUT2D eigenvalue weighted by molar-refractivity contribution is 0.102. The minimum Gasteiger partial charge on any atom is -0.354 e. The quantitative estimate of drug-likeness (QED) is 0.531. The van der Waals surface area contributed by atoms with Crippen LogP contribution in [0.1, 0.15) is 14.5 Å². The summed E-state index contributed by atoms with van der Waals surface area (Å²) in [7, 11) is 1.86. The minimum absolute atomic E-state index is 0.307. The molecule has 5 heterocycles. The summed E-state index contributed by atoms with van der Waals surface area (Å²) in [5.74, 6) is 0.745. The Morgan fingerprint density at radius 3 is 2.69 bits per heavy atom. The molecule has 0 aliphatic carbocycles. The van der Waals surface area contributed by atoms with Crippen LogP contribution in [0.5, 0.6) is 0 Å². The normalized spacial score (nSPS) is 16.4. The summed E-state index contributed by atoms with van der Waals surface area (Å²) < 4.78 is 24.4. The fraction of sp³-hybridized carbons (Fsp3) is 0.261. The van der Waals surface area contributed by atoms with Gasteiger partial charge in [0.05, 0.1) is 17.9 Å². The van der Waals surface area contributed by atoms with E-state index in [9.17, 15) is 4.79 Å². The standard InChI is InChI=1S/C23H24N8O/c1-29-5-7-31(8-6-29)22-11-16(3-4-24-22)23(32)28-21-10-17-9-18(12-25-20(17)14-26-21)19-13-27-30(2)15-19/h3-4,9-15H,5-8H2,1-2H3,(H,26,28,32)/i1D3. The van der Waals surface area contributed by atoms with Crippen LogP contribution in [0, 0.1) is 0 Å². The molecule has 0 bridgehead atoms. The van der Waals surface area contributed by atoms with Crippen molar-refractivity contribution in [2.75, 3.05) is 43.4 Å². The smallest absolute Gasteiger partial charge is 0.257 e. The summed E-state index contributed by atoms with van der Waals surface area (Å²) in [5, 5.41) is 7.90. The molecule has 1 N–H and O–H groups in total. The van der Waals surface area contributed by atoms with Gasteiger partial charge in [-0.2, -0.15) is 5.10 Å². The molecular formula is C23H24N8O. The molecule has 5 rings (SSSR count). The SMILES string of the molecule is [2H]C([2H])([2H])N1CCN(c2cc(C(=O)Nc3cc4cc(-c5cnn(C)c5)cnc4cn3)ccn2)CC1. The first-order valence-electron chi connectivity index (χ1n) is 11.8. The van der Waals surface area contributed by atoms with E-state index in [-0.39, 0.29) is 5.91 Å². The summed E-state index contributed by atoms with van der Waals surface area (Å²) in [6.45, 7) is -0.234. The van der Waals surface area contributed by atoms with Gasteiger partial charge >= 0.3 is 0 Å². The van der Waals surface area contributed by atoms with Gasteiger partial charge in [-0.25, -0.2) is 9.97 Å². The van der Waals surface area contributed by atoms with Crippen LogP contribution in [0.3, 0.4) is 0 Å². The molecule has 0 saturated carbocycles. The van der Waals surface area contributed by atoms with Crippen LogP contribution in [0.2, 0.25) is 0 Å². The van der Waals surface area contributed by atoms with Crippen LogP contribution >= 0.6 is 0 Å². The highest BCUT2D eigenvalue weighted by Gasteiger charge is 2.17. The molecule has 0 unspecified atom stereocenters. The number of fused-ring (bicyclic) bond motifs is 1. The molecule has 0 radical (unpaired) electrons. The van der Waals surface area contributed by atoms with Crippen LogP contribution < -0.4 is 10.2 Å². The molecule has 0 atom stereocenters.